The molecule has 0 saturated heterocycles. The van der Waals surface area contributed by atoms with Crippen molar-refractivity contribution >= 4 is 28.6 Å². The molecule has 2 heterocycles. The van der Waals surface area contributed by atoms with Crippen LogP contribution in [0.15, 0.2) is 17.4 Å². The van der Waals surface area contributed by atoms with Crippen LogP contribution in [0.3, 0.4) is 0 Å². The van der Waals surface area contributed by atoms with E-state index in [1.807, 2.05) is 12.4 Å². The maximum atomic E-state index is 4.60. The highest BCUT2D eigenvalue weighted by atomic mass is 32.1. The summed E-state index contributed by atoms with van der Waals surface area (Å²) in [4.78, 5) is 15.8. The Balaban J connectivity index is 1.76. The van der Waals surface area contributed by atoms with Gasteiger partial charge < -0.3 is 10.6 Å². The van der Waals surface area contributed by atoms with Crippen molar-refractivity contribution in [2.24, 2.45) is 4.99 Å². The summed E-state index contributed by atoms with van der Waals surface area (Å²) in [6.07, 6.45) is 5.66. The molecule has 120 valence electrons. The molecular weight excluding hydrogens is 314 g/mol. The zero-order valence-corrected chi connectivity index (χ0v) is 15.0. The van der Waals surface area contributed by atoms with E-state index in [1.165, 1.54) is 14.8 Å². The van der Waals surface area contributed by atoms with Crippen LogP contribution in [0.2, 0.25) is 0 Å². The lowest BCUT2D eigenvalue weighted by Crippen LogP contribution is -2.38. The Labute approximate surface area is 139 Å². The number of nitrogens with one attached hydrogen (secondary N) is 2. The number of rotatable bonds is 7. The zero-order chi connectivity index (χ0) is 15.8. The van der Waals surface area contributed by atoms with Crippen molar-refractivity contribution in [3.05, 3.63) is 32.2 Å². The van der Waals surface area contributed by atoms with Crippen LogP contribution < -0.4 is 10.6 Å². The average Bonchev–Trinajstić information content (AvgIpc) is 3.08. The van der Waals surface area contributed by atoms with Gasteiger partial charge in [-0.3, -0.25) is 4.99 Å². The number of aryl methyl sites for hydroxylation is 2. The molecule has 0 amide bonds. The van der Waals surface area contributed by atoms with E-state index >= 15 is 0 Å². The fourth-order valence-corrected chi connectivity index (χ4v) is 3.49. The second-order valence-corrected chi connectivity index (χ2v) is 7.56. The molecule has 0 atom stereocenters. The summed E-state index contributed by atoms with van der Waals surface area (Å²) < 4.78 is 0. The largest absolute Gasteiger partial charge is 0.357 e. The molecule has 0 saturated carbocycles. The predicted molar refractivity (Wildman–Crippen MR) is 95.1 cm³/mol. The molecule has 2 N–H and O–H groups in total. The summed E-state index contributed by atoms with van der Waals surface area (Å²) in [5.74, 6) is 0.865. The second kappa shape index (κ2) is 8.85. The van der Waals surface area contributed by atoms with Crippen LogP contribution >= 0.6 is 22.7 Å². The molecular formula is C15H23N5S2. The van der Waals surface area contributed by atoms with Gasteiger partial charge in [-0.05, 0) is 20.8 Å². The Hall–Kier alpha value is -1.47. The van der Waals surface area contributed by atoms with Crippen molar-refractivity contribution in [2.45, 2.75) is 33.6 Å². The molecule has 0 fully saturated rings. The van der Waals surface area contributed by atoms with Crippen LogP contribution in [-0.2, 0) is 12.8 Å². The molecule has 2 rings (SSSR count). The molecule has 2 aromatic heterocycles. The molecule has 22 heavy (non-hydrogen) atoms. The minimum Gasteiger partial charge on any atom is -0.357 e. The van der Waals surface area contributed by atoms with Crippen molar-refractivity contribution < 1.29 is 0 Å². The number of aliphatic imine (C=N–C) groups is 1. The second-order valence-electron chi connectivity index (χ2n) is 4.92. The third kappa shape index (κ3) is 5.73. The standard InChI is InChI=1S/C15H23N5S2/c1-4-16-15(17-7-5-13-19-9-11(2)21-13)18-8-6-14-20-10-12(3)22-14/h9-10H,4-8H2,1-3H3,(H2,16,17,18). The molecule has 0 aliphatic carbocycles. The first-order valence-corrected chi connectivity index (χ1v) is 9.15. The van der Waals surface area contributed by atoms with Crippen LogP contribution in [-0.4, -0.2) is 35.6 Å². The number of hydrogen-bond donors (Lipinski definition) is 2. The quantitative estimate of drug-likeness (QED) is 0.602. The summed E-state index contributed by atoms with van der Waals surface area (Å²) in [5, 5.41) is 8.94. The molecule has 5 nitrogen and oxygen atoms in total. The Kier molecular flexibility index (Phi) is 6.79. The Bertz CT molecular complexity index is 603. The van der Waals surface area contributed by atoms with Crippen molar-refractivity contribution in [2.75, 3.05) is 19.6 Å². The predicted octanol–water partition coefficient (Wildman–Crippen LogP) is 2.56. The van der Waals surface area contributed by atoms with E-state index in [0.717, 1.165) is 43.4 Å². The van der Waals surface area contributed by atoms with Gasteiger partial charge in [0.2, 0.25) is 0 Å². The summed E-state index contributed by atoms with van der Waals surface area (Å²) in [6.45, 7) is 8.69. The first-order chi connectivity index (χ1) is 10.7. The zero-order valence-electron chi connectivity index (χ0n) is 13.3. The Morgan fingerprint density at radius 2 is 1.68 bits per heavy atom. The number of guanidine groups is 1. The van der Waals surface area contributed by atoms with Gasteiger partial charge in [0.25, 0.3) is 0 Å². The van der Waals surface area contributed by atoms with Crippen molar-refractivity contribution in [3.63, 3.8) is 0 Å². The molecule has 0 spiro atoms. The number of nitrogens with zero attached hydrogens (tertiary/aromatic N) is 3. The molecule has 0 unspecified atom stereocenters. The van der Waals surface area contributed by atoms with Crippen LogP contribution in [0.1, 0.15) is 26.7 Å². The highest BCUT2D eigenvalue weighted by Crippen LogP contribution is 2.12. The van der Waals surface area contributed by atoms with E-state index in [1.54, 1.807) is 22.7 Å². The highest BCUT2D eigenvalue weighted by molar-refractivity contribution is 7.11. The van der Waals surface area contributed by atoms with E-state index in [-0.39, 0.29) is 0 Å². The fraction of sp³-hybridized carbons (Fsp3) is 0.533. The van der Waals surface area contributed by atoms with E-state index < -0.39 is 0 Å². The van der Waals surface area contributed by atoms with Gasteiger partial charge in [-0.2, -0.15) is 0 Å². The smallest absolute Gasteiger partial charge is 0.191 e. The lowest BCUT2D eigenvalue weighted by Gasteiger charge is -2.10. The molecule has 0 aliphatic rings. The lowest BCUT2D eigenvalue weighted by molar-refractivity contribution is 0.793. The van der Waals surface area contributed by atoms with Crippen LogP contribution in [0.4, 0.5) is 0 Å². The number of hydrogen-bond acceptors (Lipinski definition) is 5. The number of aromatic nitrogens is 2. The first kappa shape index (κ1) is 16.9. The minimum atomic E-state index is 0.749. The molecule has 0 aliphatic heterocycles. The maximum Gasteiger partial charge on any atom is 0.191 e. The van der Waals surface area contributed by atoms with Crippen molar-refractivity contribution in [1.29, 1.82) is 0 Å². The van der Waals surface area contributed by atoms with Gasteiger partial charge in [-0.15, -0.1) is 22.7 Å². The van der Waals surface area contributed by atoms with Crippen LogP contribution in [0.25, 0.3) is 0 Å². The van der Waals surface area contributed by atoms with Gasteiger partial charge in [0, 0.05) is 54.6 Å². The summed E-state index contributed by atoms with van der Waals surface area (Å²) in [5.41, 5.74) is 0. The van der Waals surface area contributed by atoms with Gasteiger partial charge in [-0.1, -0.05) is 0 Å². The van der Waals surface area contributed by atoms with Gasteiger partial charge in [-0.25, -0.2) is 9.97 Å². The Morgan fingerprint density at radius 1 is 1.05 bits per heavy atom. The van der Waals surface area contributed by atoms with Gasteiger partial charge in [0.1, 0.15) is 0 Å². The number of thiazole rings is 2. The topological polar surface area (TPSA) is 62.2 Å². The van der Waals surface area contributed by atoms with E-state index in [0.29, 0.717) is 0 Å². The normalized spacial score (nSPS) is 11.7. The third-order valence-electron chi connectivity index (χ3n) is 2.91. The maximum absolute atomic E-state index is 4.60. The summed E-state index contributed by atoms with van der Waals surface area (Å²) in [7, 11) is 0. The van der Waals surface area contributed by atoms with E-state index in [9.17, 15) is 0 Å². The minimum absolute atomic E-state index is 0.749. The van der Waals surface area contributed by atoms with Gasteiger partial charge >= 0.3 is 0 Å². The first-order valence-electron chi connectivity index (χ1n) is 7.52. The summed E-state index contributed by atoms with van der Waals surface area (Å²) >= 11 is 3.49. The molecule has 0 aromatic carbocycles. The van der Waals surface area contributed by atoms with E-state index in [2.05, 4.69) is 46.4 Å². The molecule has 0 bridgehead atoms. The Morgan fingerprint density at radius 3 is 2.23 bits per heavy atom. The van der Waals surface area contributed by atoms with Gasteiger partial charge in [0.05, 0.1) is 10.0 Å². The summed E-state index contributed by atoms with van der Waals surface area (Å²) in [6, 6.07) is 0. The molecule has 0 radical (unpaired) electrons. The molecule has 2 aromatic rings. The van der Waals surface area contributed by atoms with Crippen molar-refractivity contribution in [3.8, 4) is 0 Å². The monoisotopic (exact) mass is 337 g/mol. The SMILES string of the molecule is CCNC(=NCCc1ncc(C)s1)NCCc1ncc(C)s1. The van der Waals surface area contributed by atoms with Gasteiger partial charge in [0.15, 0.2) is 5.96 Å². The van der Waals surface area contributed by atoms with Crippen LogP contribution in [0.5, 0.6) is 0 Å². The van der Waals surface area contributed by atoms with E-state index in [4.69, 9.17) is 0 Å². The van der Waals surface area contributed by atoms with Crippen molar-refractivity contribution in [1.82, 2.24) is 20.6 Å². The average molecular weight is 338 g/mol. The third-order valence-corrected chi connectivity index (χ3v) is 4.85. The fourth-order valence-electron chi connectivity index (χ4n) is 1.93. The van der Waals surface area contributed by atoms with Crippen LogP contribution in [0, 0.1) is 13.8 Å². The highest BCUT2D eigenvalue weighted by Gasteiger charge is 2.02. The lowest BCUT2D eigenvalue weighted by atomic mass is 10.4. The molecule has 7 heteroatoms.